The largest absolute Gasteiger partial charge is 0.459 e. The predicted molar refractivity (Wildman–Crippen MR) is 122 cm³/mol. The molecule has 0 unspecified atom stereocenters. The molecule has 0 saturated carbocycles. The molecule has 1 aliphatic rings. The van der Waals surface area contributed by atoms with E-state index in [1.54, 1.807) is 18.0 Å². The Morgan fingerprint density at radius 2 is 1.77 bits per heavy atom. The van der Waals surface area contributed by atoms with Crippen LogP contribution >= 0.6 is 11.8 Å². The van der Waals surface area contributed by atoms with Gasteiger partial charge in [-0.05, 0) is 49.1 Å². The van der Waals surface area contributed by atoms with E-state index in [9.17, 15) is 4.79 Å². The summed E-state index contributed by atoms with van der Waals surface area (Å²) < 4.78 is 5.53. The molecule has 5 heteroatoms. The van der Waals surface area contributed by atoms with Crippen LogP contribution in [0.25, 0.3) is 0 Å². The van der Waals surface area contributed by atoms with Crippen LogP contribution in [0, 0.1) is 6.92 Å². The lowest BCUT2D eigenvalue weighted by molar-refractivity contribution is 0.0880. The van der Waals surface area contributed by atoms with Crippen molar-refractivity contribution in [1.82, 2.24) is 10.2 Å². The van der Waals surface area contributed by atoms with Crippen molar-refractivity contribution in [3.8, 4) is 0 Å². The summed E-state index contributed by atoms with van der Waals surface area (Å²) in [6.45, 7) is 5.13. The van der Waals surface area contributed by atoms with Crippen LogP contribution in [0.15, 0.2) is 76.2 Å². The molecule has 4 rings (SSSR count). The van der Waals surface area contributed by atoms with Crippen molar-refractivity contribution in [3.63, 3.8) is 0 Å². The first-order valence-corrected chi connectivity index (χ1v) is 11.5. The number of hydrogen-bond donors (Lipinski definition) is 1. The van der Waals surface area contributed by atoms with E-state index >= 15 is 0 Å². The third kappa shape index (κ3) is 5.35. The Labute approximate surface area is 182 Å². The van der Waals surface area contributed by atoms with Crippen molar-refractivity contribution in [1.29, 1.82) is 0 Å². The number of nitrogens with one attached hydrogen (secondary N) is 1. The molecule has 0 spiro atoms. The molecule has 0 radical (unpaired) electrons. The summed E-state index contributed by atoms with van der Waals surface area (Å²) in [5, 5.41) is 3.19. The Bertz CT molecular complexity index is 962. The number of piperidine rings is 1. The highest BCUT2D eigenvalue weighted by Gasteiger charge is 2.24. The van der Waals surface area contributed by atoms with Crippen molar-refractivity contribution in [2.45, 2.75) is 43.0 Å². The molecular formula is C25H28N2O2S. The zero-order valence-corrected chi connectivity index (χ0v) is 18.2. The highest BCUT2D eigenvalue weighted by Crippen LogP contribution is 2.25. The second-order valence-corrected chi connectivity index (χ2v) is 8.88. The summed E-state index contributed by atoms with van der Waals surface area (Å²) in [7, 11) is 0. The zero-order valence-electron chi connectivity index (χ0n) is 17.3. The number of likely N-dealkylation sites (tertiary alicyclic amines) is 1. The summed E-state index contributed by atoms with van der Waals surface area (Å²) in [6, 6.07) is 20.9. The topological polar surface area (TPSA) is 45.5 Å². The molecule has 1 aliphatic heterocycles. The molecule has 2 heterocycles. The lowest BCUT2D eigenvalue weighted by Gasteiger charge is -2.32. The van der Waals surface area contributed by atoms with Gasteiger partial charge in [0.1, 0.15) is 0 Å². The lowest BCUT2D eigenvalue weighted by Crippen LogP contribution is -2.44. The molecule has 156 valence electrons. The van der Waals surface area contributed by atoms with E-state index < -0.39 is 0 Å². The monoisotopic (exact) mass is 420 g/mol. The van der Waals surface area contributed by atoms with Gasteiger partial charge in [0.25, 0.3) is 5.91 Å². The third-order valence-electron chi connectivity index (χ3n) is 5.67. The summed E-state index contributed by atoms with van der Waals surface area (Å²) in [5.41, 5.74) is 3.67. The van der Waals surface area contributed by atoms with Gasteiger partial charge >= 0.3 is 0 Å². The van der Waals surface area contributed by atoms with Gasteiger partial charge in [0.05, 0.1) is 6.26 Å². The average molecular weight is 421 g/mol. The highest BCUT2D eigenvalue weighted by atomic mass is 32.2. The third-order valence-corrected chi connectivity index (χ3v) is 6.73. The molecule has 1 aromatic heterocycles. The molecule has 1 amide bonds. The van der Waals surface area contributed by atoms with Crippen LogP contribution in [-0.4, -0.2) is 29.9 Å². The van der Waals surface area contributed by atoms with Crippen LogP contribution in [0.1, 0.15) is 40.1 Å². The number of rotatable bonds is 7. The van der Waals surface area contributed by atoms with Crippen LogP contribution < -0.4 is 5.32 Å². The van der Waals surface area contributed by atoms with Gasteiger partial charge in [0.2, 0.25) is 0 Å². The molecular weight excluding hydrogens is 392 g/mol. The first-order valence-electron chi connectivity index (χ1n) is 10.5. The van der Waals surface area contributed by atoms with Gasteiger partial charge in [-0.3, -0.25) is 9.69 Å². The number of carbonyl (C=O) groups excluding carboxylic acids is 1. The Hall–Kier alpha value is -2.50. The minimum Gasteiger partial charge on any atom is -0.459 e. The van der Waals surface area contributed by atoms with Crippen LogP contribution in [0.3, 0.4) is 0 Å². The van der Waals surface area contributed by atoms with E-state index in [1.165, 1.54) is 16.0 Å². The van der Waals surface area contributed by atoms with Gasteiger partial charge < -0.3 is 9.73 Å². The molecule has 4 nitrogen and oxygen atoms in total. The predicted octanol–water partition coefficient (Wildman–Crippen LogP) is 5.27. The fourth-order valence-electron chi connectivity index (χ4n) is 3.84. The second-order valence-electron chi connectivity index (χ2n) is 7.83. The van der Waals surface area contributed by atoms with Gasteiger partial charge in [0.15, 0.2) is 5.76 Å². The number of nitrogens with zero attached hydrogens (tertiary/aromatic N) is 1. The zero-order chi connectivity index (χ0) is 20.8. The molecule has 2 aromatic carbocycles. The number of thioether (sulfide) groups is 1. The molecule has 1 fully saturated rings. The Morgan fingerprint density at radius 3 is 2.53 bits per heavy atom. The number of amides is 1. The fraction of sp³-hybridized carbons (Fsp3) is 0.320. The molecule has 1 saturated heterocycles. The second kappa shape index (κ2) is 10.0. The van der Waals surface area contributed by atoms with Gasteiger partial charge in [-0.25, -0.2) is 0 Å². The van der Waals surface area contributed by atoms with Crippen molar-refractivity contribution in [2.75, 3.05) is 13.1 Å². The average Bonchev–Trinajstić information content (AvgIpc) is 3.25. The molecule has 0 aliphatic carbocycles. The summed E-state index contributed by atoms with van der Waals surface area (Å²) >= 11 is 1.71. The first kappa shape index (κ1) is 20.8. The van der Waals surface area contributed by atoms with E-state index in [2.05, 4.69) is 53.5 Å². The number of benzene rings is 2. The molecule has 1 N–H and O–H groups in total. The van der Waals surface area contributed by atoms with Crippen molar-refractivity contribution in [3.05, 3.63) is 89.4 Å². The van der Waals surface area contributed by atoms with Gasteiger partial charge in [-0.1, -0.05) is 42.5 Å². The standard InChI is InChI=1S/C25H28N2O2S/c1-19-7-5-6-8-20(19)17-27-14-11-22(12-15-27)26-25(28)24-21(13-16-29-24)18-30-23-9-3-2-4-10-23/h2-10,13,16,22H,11-12,14-15,17-18H2,1H3,(H,26,28). The quantitative estimate of drug-likeness (QED) is 0.529. The number of hydrogen-bond acceptors (Lipinski definition) is 4. The number of carbonyl (C=O) groups is 1. The maximum atomic E-state index is 12.8. The van der Waals surface area contributed by atoms with Crippen molar-refractivity contribution in [2.24, 2.45) is 0 Å². The molecule has 30 heavy (non-hydrogen) atoms. The van der Waals surface area contributed by atoms with Crippen LogP contribution in [-0.2, 0) is 12.3 Å². The van der Waals surface area contributed by atoms with E-state index in [0.717, 1.165) is 43.8 Å². The van der Waals surface area contributed by atoms with Gasteiger partial charge in [0, 0.05) is 41.9 Å². The van der Waals surface area contributed by atoms with Crippen LogP contribution in [0.5, 0.6) is 0 Å². The highest BCUT2D eigenvalue weighted by molar-refractivity contribution is 7.98. The van der Waals surface area contributed by atoms with E-state index in [4.69, 9.17) is 4.42 Å². The molecule has 0 bridgehead atoms. The SMILES string of the molecule is Cc1ccccc1CN1CCC(NC(=O)c2occc2CSc2ccccc2)CC1. The maximum Gasteiger partial charge on any atom is 0.287 e. The van der Waals surface area contributed by atoms with E-state index in [1.807, 2.05) is 24.3 Å². The Morgan fingerprint density at radius 1 is 1.03 bits per heavy atom. The Kier molecular flexibility index (Phi) is 6.92. The van der Waals surface area contributed by atoms with E-state index in [-0.39, 0.29) is 11.9 Å². The minimum absolute atomic E-state index is 0.0963. The normalized spacial score (nSPS) is 15.2. The number of aryl methyl sites for hydroxylation is 1. The fourth-order valence-corrected chi connectivity index (χ4v) is 4.74. The van der Waals surface area contributed by atoms with Crippen molar-refractivity contribution < 1.29 is 9.21 Å². The first-order chi connectivity index (χ1) is 14.7. The number of furan rings is 1. The van der Waals surface area contributed by atoms with E-state index in [0.29, 0.717) is 5.76 Å². The van der Waals surface area contributed by atoms with Gasteiger partial charge in [-0.15, -0.1) is 11.8 Å². The summed E-state index contributed by atoms with van der Waals surface area (Å²) in [5.74, 6) is 1.07. The summed E-state index contributed by atoms with van der Waals surface area (Å²) in [6.07, 6.45) is 3.54. The van der Waals surface area contributed by atoms with Crippen LogP contribution in [0.4, 0.5) is 0 Å². The summed E-state index contributed by atoms with van der Waals surface area (Å²) in [4.78, 5) is 16.5. The minimum atomic E-state index is -0.0963. The smallest absolute Gasteiger partial charge is 0.287 e. The molecule has 0 atom stereocenters. The van der Waals surface area contributed by atoms with Crippen LogP contribution in [0.2, 0.25) is 0 Å². The maximum absolute atomic E-state index is 12.8. The van der Waals surface area contributed by atoms with Crippen molar-refractivity contribution >= 4 is 17.7 Å². The molecule has 3 aromatic rings. The Balaban J connectivity index is 1.27. The van der Waals surface area contributed by atoms with Gasteiger partial charge in [-0.2, -0.15) is 0 Å². The lowest BCUT2D eigenvalue weighted by atomic mass is 10.0.